The topological polar surface area (TPSA) is 113 Å². The number of aliphatic carboxylic acids is 1. The van der Waals surface area contributed by atoms with Crippen LogP contribution in [0.2, 0.25) is 0 Å². The Bertz CT molecular complexity index is 391. The lowest BCUT2D eigenvalue weighted by Gasteiger charge is -2.21. The predicted octanol–water partition coefficient (Wildman–Crippen LogP) is 0.646. The molecule has 0 aliphatic heterocycles. The number of rotatable bonds is 10. The van der Waals surface area contributed by atoms with Gasteiger partial charge in [-0.25, -0.2) is 0 Å². The molecule has 1 fully saturated rings. The van der Waals surface area contributed by atoms with E-state index in [0.717, 1.165) is 6.42 Å². The highest BCUT2D eigenvalue weighted by atomic mass is 16.4. The van der Waals surface area contributed by atoms with Crippen molar-refractivity contribution in [3.63, 3.8) is 0 Å². The molecule has 0 aromatic carbocycles. The van der Waals surface area contributed by atoms with Crippen molar-refractivity contribution in [2.45, 2.75) is 57.8 Å². The van der Waals surface area contributed by atoms with E-state index in [1.807, 2.05) is 6.08 Å². The molecule has 6 heteroatoms. The van der Waals surface area contributed by atoms with Gasteiger partial charge in [0.25, 0.3) is 0 Å². The van der Waals surface area contributed by atoms with Crippen LogP contribution in [0, 0.1) is 11.3 Å². The molecule has 1 saturated carbocycles. The minimum Gasteiger partial charge on any atom is -0.481 e. The van der Waals surface area contributed by atoms with E-state index in [-0.39, 0.29) is 6.42 Å². The second-order valence-corrected chi connectivity index (χ2v) is 6.18. The summed E-state index contributed by atoms with van der Waals surface area (Å²) < 4.78 is 0. The van der Waals surface area contributed by atoms with Gasteiger partial charge in [-0.2, -0.15) is 0 Å². The molecule has 0 aromatic heterocycles. The molecule has 0 aromatic rings. The van der Waals surface area contributed by atoms with E-state index >= 15 is 0 Å². The standard InChI is InChI=1S/C15H26N2O4/c1-10(2)15(6-7-15)5-3-4-12(16)14(21)17-11(9-18)8-13(19)20/h3-4,9-12,14,17,21H,5-8,16H2,1-2H3,(H,19,20)/t11-,12?,14?/m1/s1. The maximum Gasteiger partial charge on any atom is 0.305 e. The van der Waals surface area contributed by atoms with E-state index < -0.39 is 24.3 Å². The summed E-state index contributed by atoms with van der Waals surface area (Å²) >= 11 is 0. The van der Waals surface area contributed by atoms with Crippen molar-refractivity contribution in [3.05, 3.63) is 12.2 Å². The Labute approximate surface area is 125 Å². The lowest BCUT2D eigenvalue weighted by atomic mass is 9.89. The second-order valence-electron chi connectivity index (χ2n) is 6.18. The summed E-state index contributed by atoms with van der Waals surface area (Å²) in [6, 6.07) is -1.62. The summed E-state index contributed by atoms with van der Waals surface area (Å²) in [5.41, 5.74) is 6.19. The monoisotopic (exact) mass is 298 g/mol. The predicted molar refractivity (Wildman–Crippen MR) is 79.5 cm³/mol. The molecule has 1 aliphatic rings. The Morgan fingerprint density at radius 3 is 2.48 bits per heavy atom. The Hall–Kier alpha value is -1.24. The molecule has 0 spiro atoms. The molecule has 6 nitrogen and oxygen atoms in total. The number of carbonyl (C=O) groups excluding carboxylic acids is 1. The highest BCUT2D eigenvalue weighted by Crippen LogP contribution is 2.54. The van der Waals surface area contributed by atoms with Crippen LogP contribution in [0.1, 0.15) is 39.5 Å². The largest absolute Gasteiger partial charge is 0.481 e. The fourth-order valence-corrected chi connectivity index (χ4v) is 2.41. The van der Waals surface area contributed by atoms with Gasteiger partial charge in [0, 0.05) is 0 Å². The number of aliphatic hydroxyl groups is 1. The Kier molecular flexibility index (Phi) is 6.51. The number of carbonyl (C=O) groups is 2. The Morgan fingerprint density at radius 1 is 1.43 bits per heavy atom. The summed E-state index contributed by atoms with van der Waals surface area (Å²) in [5, 5.41) is 21.0. The van der Waals surface area contributed by atoms with E-state index in [1.165, 1.54) is 12.8 Å². The quantitative estimate of drug-likeness (QED) is 0.267. The summed E-state index contributed by atoms with van der Waals surface area (Å²) in [6.45, 7) is 4.41. The third kappa shape index (κ3) is 5.57. The number of nitrogens with two attached hydrogens (primary N) is 1. The average Bonchev–Trinajstić information content (AvgIpc) is 3.18. The fraction of sp³-hybridized carbons (Fsp3) is 0.733. The molecule has 0 bridgehead atoms. The van der Waals surface area contributed by atoms with Crippen molar-refractivity contribution in [2.24, 2.45) is 17.1 Å². The summed E-state index contributed by atoms with van der Waals surface area (Å²) in [6.07, 6.45) is 5.98. The van der Waals surface area contributed by atoms with Gasteiger partial charge < -0.3 is 20.7 Å². The van der Waals surface area contributed by atoms with Gasteiger partial charge in [-0.1, -0.05) is 26.0 Å². The van der Waals surface area contributed by atoms with Gasteiger partial charge in [0.05, 0.1) is 18.5 Å². The number of nitrogens with one attached hydrogen (secondary N) is 1. The van der Waals surface area contributed by atoms with Crippen molar-refractivity contribution in [1.29, 1.82) is 0 Å². The summed E-state index contributed by atoms with van der Waals surface area (Å²) in [7, 11) is 0. The maximum atomic E-state index is 10.7. The van der Waals surface area contributed by atoms with E-state index in [2.05, 4.69) is 19.2 Å². The van der Waals surface area contributed by atoms with Crippen LogP contribution in [0.25, 0.3) is 0 Å². The molecule has 0 heterocycles. The van der Waals surface area contributed by atoms with Gasteiger partial charge in [-0.3, -0.25) is 10.1 Å². The van der Waals surface area contributed by atoms with Crippen molar-refractivity contribution in [2.75, 3.05) is 0 Å². The smallest absolute Gasteiger partial charge is 0.305 e. The first kappa shape index (κ1) is 17.8. The third-order valence-corrected chi connectivity index (χ3v) is 4.31. The van der Waals surface area contributed by atoms with Crippen LogP contribution in [0.4, 0.5) is 0 Å². The number of hydrogen-bond donors (Lipinski definition) is 4. The van der Waals surface area contributed by atoms with Gasteiger partial charge in [-0.05, 0) is 30.6 Å². The van der Waals surface area contributed by atoms with Crippen molar-refractivity contribution in [1.82, 2.24) is 5.32 Å². The molecule has 5 N–H and O–H groups in total. The Morgan fingerprint density at radius 2 is 2.05 bits per heavy atom. The van der Waals surface area contributed by atoms with Crippen LogP contribution in [0.5, 0.6) is 0 Å². The molecule has 1 aliphatic carbocycles. The van der Waals surface area contributed by atoms with Crippen molar-refractivity contribution < 1.29 is 19.8 Å². The Balaban J connectivity index is 2.41. The fourth-order valence-electron chi connectivity index (χ4n) is 2.41. The van der Waals surface area contributed by atoms with Gasteiger partial charge in [0.2, 0.25) is 0 Å². The van der Waals surface area contributed by atoms with E-state index in [0.29, 0.717) is 17.6 Å². The molecule has 3 atom stereocenters. The number of carboxylic acids is 1. The first-order valence-corrected chi connectivity index (χ1v) is 7.34. The van der Waals surface area contributed by atoms with Gasteiger partial charge in [0.1, 0.15) is 12.5 Å². The average molecular weight is 298 g/mol. The molecule has 1 rings (SSSR count). The summed E-state index contributed by atoms with van der Waals surface area (Å²) in [4.78, 5) is 21.3. The zero-order valence-corrected chi connectivity index (χ0v) is 12.7. The van der Waals surface area contributed by atoms with Gasteiger partial charge in [-0.15, -0.1) is 0 Å². The molecule has 0 saturated heterocycles. The van der Waals surface area contributed by atoms with Gasteiger partial charge >= 0.3 is 5.97 Å². The number of carboxylic acid groups (broad SMARTS) is 1. The van der Waals surface area contributed by atoms with Crippen LogP contribution < -0.4 is 11.1 Å². The van der Waals surface area contributed by atoms with E-state index in [1.54, 1.807) is 6.08 Å². The highest BCUT2D eigenvalue weighted by Gasteiger charge is 2.43. The first-order chi connectivity index (χ1) is 9.80. The van der Waals surface area contributed by atoms with Crippen LogP contribution in [0.15, 0.2) is 12.2 Å². The highest BCUT2D eigenvalue weighted by molar-refractivity contribution is 5.73. The molecule has 21 heavy (non-hydrogen) atoms. The number of aldehydes is 1. The molecular weight excluding hydrogens is 272 g/mol. The maximum absolute atomic E-state index is 10.7. The SMILES string of the molecule is CC(C)C1(CC=CC(N)C(O)N[C@@H](C=O)CC(=O)O)CC1. The number of hydrogen-bond acceptors (Lipinski definition) is 5. The van der Waals surface area contributed by atoms with Crippen LogP contribution in [-0.4, -0.2) is 40.8 Å². The van der Waals surface area contributed by atoms with Crippen LogP contribution in [0.3, 0.4) is 0 Å². The first-order valence-electron chi connectivity index (χ1n) is 7.34. The molecule has 120 valence electrons. The molecule has 0 radical (unpaired) electrons. The second kappa shape index (κ2) is 7.68. The lowest BCUT2D eigenvalue weighted by Crippen LogP contribution is -2.49. The molecule has 2 unspecified atom stereocenters. The minimum atomic E-state index is -1.15. The number of aliphatic hydroxyl groups excluding tert-OH is 1. The lowest BCUT2D eigenvalue weighted by molar-refractivity contribution is -0.138. The number of allylic oxidation sites excluding steroid dienone is 1. The van der Waals surface area contributed by atoms with Gasteiger partial charge in [0.15, 0.2) is 0 Å². The minimum absolute atomic E-state index is 0.378. The molecule has 0 amide bonds. The van der Waals surface area contributed by atoms with Crippen molar-refractivity contribution >= 4 is 12.3 Å². The summed E-state index contributed by atoms with van der Waals surface area (Å²) in [5.74, 6) is -0.486. The zero-order chi connectivity index (χ0) is 16.0. The van der Waals surface area contributed by atoms with Crippen LogP contribution >= 0.6 is 0 Å². The third-order valence-electron chi connectivity index (χ3n) is 4.31. The van der Waals surface area contributed by atoms with Crippen molar-refractivity contribution in [3.8, 4) is 0 Å². The van der Waals surface area contributed by atoms with E-state index in [4.69, 9.17) is 10.8 Å². The molecular formula is C15H26N2O4. The van der Waals surface area contributed by atoms with E-state index in [9.17, 15) is 14.7 Å². The normalized spacial score (nSPS) is 21.2. The zero-order valence-electron chi connectivity index (χ0n) is 12.7. The van der Waals surface area contributed by atoms with Crippen LogP contribution in [-0.2, 0) is 9.59 Å².